The Hall–Kier alpha value is -3.57. The van der Waals surface area contributed by atoms with Crippen LogP contribution >= 0.6 is 0 Å². The van der Waals surface area contributed by atoms with E-state index >= 15 is 0 Å². The van der Waals surface area contributed by atoms with Crippen molar-refractivity contribution in [2.75, 3.05) is 18.9 Å². The molecule has 30 heavy (non-hydrogen) atoms. The number of hydrogen-bond acceptors (Lipinski definition) is 6. The SMILES string of the molecule is CC(=O)Nc1ccc(S(=O)(=O)N(C)CC(=O)N/N=C\c2ccccc2C(=O)O)cc1. The van der Waals surface area contributed by atoms with E-state index in [9.17, 15) is 22.8 Å². The minimum atomic E-state index is -3.94. The molecule has 2 aromatic rings. The number of hydrazone groups is 1. The summed E-state index contributed by atoms with van der Waals surface area (Å²) in [6.45, 7) is 0.827. The number of carbonyl (C=O) groups is 3. The largest absolute Gasteiger partial charge is 0.478 e. The van der Waals surface area contributed by atoms with Gasteiger partial charge in [0.25, 0.3) is 5.91 Å². The third-order valence-electron chi connectivity index (χ3n) is 3.83. The maximum atomic E-state index is 12.6. The zero-order valence-corrected chi connectivity index (χ0v) is 17.0. The highest BCUT2D eigenvalue weighted by atomic mass is 32.2. The van der Waals surface area contributed by atoms with Crippen molar-refractivity contribution >= 4 is 39.7 Å². The van der Waals surface area contributed by atoms with E-state index in [-0.39, 0.29) is 21.9 Å². The maximum absolute atomic E-state index is 12.6. The fourth-order valence-electron chi connectivity index (χ4n) is 2.39. The average Bonchev–Trinajstić information content (AvgIpc) is 2.68. The van der Waals surface area contributed by atoms with E-state index in [1.165, 1.54) is 50.4 Å². The second kappa shape index (κ2) is 9.76. The van der Waals surface area contributed by atoms with E-state index in [4.69, 9.17) is 5.11 Å². The molecule has 0 saturated heterocycles. The molecule has 0 spiro atoms. The van der Waals surface area contributed by atoms with Crippen LogP contribution < -0.4 is 10.7 Å². The molecule has 0 bridgehead atoms. The highest BCUT2D eigenvalue weighted by molar-refractivity contribution is 7.89. The standard InChI is InChI=1S/C19H20N4O6S/c1-13(24)21-15-7-9-16(10-8-15)30(28,29)23(2)12-18(25)22-20-11-14-5-3-4-6-17(14)19(26)27/h3-11H,12H2,1-2H3,(H,21,24)(H,22,25)(H,26,27)/b20-11-. The van der Waals surface area contributed by atoms with Gasteiger partial charge in [-0.05, 0) is 30.3 Å². The van der Waals surface area contributed by atoms with E-state index in [0.717, 1.165) is 10.5 Å². The van der Waals surface area contributed by atoms with Crippen LogP contribution in [0.4, 0.5) is 5.69 Å². The Morgan fingerprint density at radius 3 is 2.33 bits per heavy atom. The lowest BCUT2D eigenvalue weighted by Crippen LogP contribution is -2.36. The zero-order chi connectivity index (χ0) is 22.3. The number of amides is 2. The number of rotatable bonds is 8. The van der Waals surface area contributed by atoms with Gasteiger partial charge in [-0.2, -0.15) is 9.41 Å². The summed E-state index contributed by atoms with van der Waals surface area (Å²) in [6.07, 6.45) is 1.16. The van der Waals surface area contributed by atoms with Crippen molar-refractivity contribution in [3.63, 3.8) is 0 Å². The quantitative estimate of drug-likeness (QED) is 0.421. The Balaban J connectivity index is 2.01. The van der Waals surface area contributed by atoms with Crippen LogP contribution in [-0.2, 0) is 19.6 Å². The van der Waals surface area contributed by atoms with Crippen molar-refractivity contribution in [1.29, 1.82) is 0 Å². The first-order valence-corrected chi connectivity index (χ1v) is 10.0. The molecule has 0 aromatic heterocycles. The first-order chi connectivity index (χ1) is 14.1. The van der Waals surface area contributed by atoms with Gasteiger partial charge in [-0.3, -0.25) is 9.59 Å². The molecule has 0 unspecified atom stereocenters. The molecular formula is C19H20N4O6S. The molecular weight excluding hydrogens is 412 g/mol. The summed E-state index contributed by atoms with van der Waals surface area (Å²) in [5.41, 5.74) is 2.90. The van der Waals surface area contributed by atoms with E-state index in [2.05, 4.69) is 15.8 Å². The molecule has 3 N–H and O–H groups in total. The Morgan fingerprint density at radius 2 is 1.73 bits per heavy atom. The summed E-state index contributed by atoms with van der Waals surface area (Å²) in [7, 11) is -2.71. The number of nitrogens with zero attached hydrogens (tertiary/aromatic N) is 2. The predicted octanol–water partition coefficient (Wildman–Crippen LogP) is 1.11. The summed E-state index contributed by atoms with van der Waals surface area (Å²) in [5, 5.41) is 15.3. The highest BCUT2D eigenvalue weighted by Gasteiger charge is 2.22. The van der Waals surface area contributed by atoms with Crippen LogP contribution in [0.15, 0.2) is 58.5 Å². The molecule has 2 amide bonds. The Kier molecular flexibility index (Phi) is 7.39. The van der Waals surface area contributed by atoms with E-state index in [0.29, 0.717) is 5.69 Å². The van der Waals surface area contributed by atoms with Gasteiger partial charge in [-0.25, -0.2) is 18.6 Å². The van der Waals surface area contributed by atoms with Crippen LogP contribution in [-0.4, -0.2) is 55.4 Å². The molecule has 0 aliphatic carbocycles. The summed E-state index contributed by atoms with van der Waals surface area (Å²) < 4.78 is 26.0. The number of sulfonamides is 1. The van der Waals surface area contributed by atoms with Crippen molar-refractivity contribution < 1.29 is 27.9 Å². The van der Waals surface area contributed by atoms with Crippen LogP contribution in [0.1, 0.15) is 22.8 Å². The van der Waals surface area contributed by atoms with Gasteiger partial charge in [0, 0.05) is 25.2 Å². The van der Waals surface area contributed by atoms with E-state index in [1.807, 2.05) is 0 Å². The monoisotopic (exact) mass is 432 g/mol. The molecule has 2 aromatic carbocycles. The van der Waals surface area contributed by atoms with Crippen molar-refractivity contribution in [2.24, 2.45) is 5.10 Å². The first kappa shape index (κ1) is 22.7. The molecule has 10 nitrogen and oxygen atoms in total. The second-order valence-corrected chi connectivity index (χ2v) is 8.20. The van der Waals surface area contributed by atoms with E-state index < -0.39 is 28.4 Å². The number of carboxylic acid groups (broad SMARTS) is 1. The van der Waals surface area contributed by atoms with Gasteiger partial charge in [-0.1, -0.05) is 18.2 Å². The molecule has 0 fully saturated rings. The van der Waals surface area contributed by atoms with Crippen LogP contribution in [0.2, 0.25) is 0 Å². The van der Waals surface area contributed by atoms with Gasteiger partial charge in [0.05, 0.1) is 23.2 Å². The molecule has 11 heteroatoms. The summed E-state index contributed by atoms with van der Waals surface area (Å²) >= 11 is 0. The maximum Gasteiger partial charge on any atom is 0.336 e. The van der Waals surface area contributed by atoms with Gasteiger partial charge >= 0.3 is 5.97 Å². The van der Waals surface area contributed by atoms with Crippen molar-refractivity contribution in [3.8, 4) is 0 Å². The second-order valence-electron chi connectivity index (χ2n) is 6.15. The number of nitrogens with one attached hydrogen (secondary N) is 2. The Labute approximate surface area is 173 Å². The van der Waals surface area contributed by atoms with Crippen molar-refractivity contribution in [1.82, 2.24) is 9.73 Å². The zero-order valence-electron chi connectivity index (χ0n) is 16.2. The number of benzene rings is 2. The smallest absolute Gasteiger partial charge is 0.336 e. The predicted molar refractivity (Wildman–Crippen MR) is 110 cm³/mol. The third-order valence-corrected chi connectivity index (χ3v) is 5.65. The first-order valence-electron chi connectivity index (χ1n) is 8.59. The number of carboxylic acids is 1. The fourth-order valence-corrected chi connectivity index (χ4v) is 3.52. The number of hydrogen-bond donors (Lipinski definition) is 3. The average molecular weight is 432 g/mol. The fraction of sp³-hybridized carbons (Fsp3) is 0.158. The highest BCUT2D eigenvalue weighted by Crippen LogP contribution is 2.17. The van der Waals surface area contributed by atoms with Crippen molar-refractivity contribution in [2.45, 2.75) is 11.8 Å². The lowest BCUT2D eigenvalue weighted by molar-refractivity contribution is -0.121. The molecule has 0 aliphatic heterocycles. The van der Waals surface area contributed by atoms with Crippen LogP contribution in [0.25, 0.3) is 0 Å². The number of anilines is 1. The summed E-state index contributed by atoms with van der Waals surface area (Å²) in [5.74, 6) is -2.13. The molecule has 0 aliphatic rings. The number of likely N-dealkylation sites (N-methyl/N-ethyl adjacent to an activating group) is 1. The van der Waals surface area contributed by atoms with Gasteiger partial charge in [0.2, 0.25) is 15.9 Å². The number of aromatic carboxylic acids is 1. The normalized spacial score (nSPS) is 11.4. The minimum Gasteiger partial charge on any atom is -0.478 e. The third kappa shape index (κ3) is 5.96. The van der Waals surface area contributed by atoms with Gasteiger partial charge in [0.15, 0.2) is 0 Å². The topological polar surface area (TPSA) is 145 Å². The lowest BCUT2D eigenvalue weighted by atomic mass is 10.1. The Bertz CT molecular complexity index is 1080. The van der Waals surface area contributed by atoms with Gasteiger partial charge in [-0.15, -0.1) is 0 Å². The number of carbonyl (C=O) groups excluding carboxylic acids is 2. The minimum absolute atomic E-state index is 0.0119. The summed E-state index contributed by atoms with van der Waals surface area (Å²) in [4.78, 5) is 34.1. The lowest BCUT2D eigenvalue weighted by Gasteiger charge is -2.16. The molecule has 0 atom stereocenters. The van der Waals surface area contributed by atoms with Gasteiger partial charge < -0.3 is 10.4 Å². The molecule has 0 heterocycles. The van der Waals surface area contributed by atoms with Crippen LogP contribution in [0.5, 0.6) is 0 Å². The van der Waals surface area contributed by atoms with Crippen molar-refractivity contribution in [3.05, 3.63) is 59.7 Å². The molecule has 0 saturated carbocycles. The molecule has 158 valence electrons. The van der Waals surface area contributed by atoms with Crippen LogP contribution in [0.3, 0.4) is 0 Å². The van der Waals surface area contributed by atoms with Gasteiger partial charge in [0.1, 0.15) is 0 Å². The molecule has 0 radical (unpaired) electrons. The molecule has 2 rings (SSSR count). The van der Waals surface area contributed by atoms with Crippen LogP contribution in [0, 0.1) is 0 Å². The summed E-state index contributed by atoms with van der Waals surface area (Å²) in [6, 6.07) is 11.6. The Morgan fingerprint density at radius 1 is 1.10 bits per heavy atom. The van der Waals surface area contributed by atoms with E-state index in [1.54, 1.807) is 12.1 Å².